The molecule has 0 unspecified atom stereocenters. The monoisotopic (exact) mass is 471 g/mol. The number of sulfonamides is 1. The lowest BCUT2D eigenvalue weighted by atomic mass is 10.2. The molecule has 2 aromatic rings. The number of ether oxygens (including phenoxy) is 1. The van der Waals surface area contributed by atoms with E-state index in [-0.39, 0.29) is 50.3 Å². The predicted octanol–water partition coefficient (Wildman–Crippen LogP) is 2.98. The van der Waals surface area contributed by atoms with E-state index in [4.69, 9.17) is 0 Å². The number of amides is 2. The first kappa shape index (κ1) is 23.9. The average molecular weight is 472 g/mol. The van der Waals surface area contributed by atoms with E-state index < -0.39 is 22.8 Å². The van der Waals surface area contributed by atoms with E-state index in [1.807, 2.05) is 6.07 Å². The minimum absolute atomic E-state index is 0.0806. The summed E-state index contributed by atoms with van der Waals surface area (Å²) in [6.07, 6.45) is -4.41. The molecule has 2 amide bonds. The first-order valence-corrected chi connectivity index (χ1v) is 11.6. The molecule has 0 atom stereocenters. The molecule has 0 aliphatic carbocycles. The quantitative estimate of drug-likeness (QED) is 0.674. The molecule has 1 fully saturated rings. The summed E-state index contributed by atoms with van der Waals surface area (Å²) >= 11 is 0. The Labute approximate surface area is 184 Å². The highest BCUT2D eigenvalue weighted by Crippen LogP contribution is 2.19. The van der Waals surface area contributed by atoms with Crippen molar-refractivity contribution in [2.24, 2.45) is 0 Å². The lowest BCUT2D eigenvalue weighted by Gasteiger charge is -2.34. The fourth-order valence-corrected chi connectivity index (χ4v) is 4.72. The molecule has 1 heterocycles. The minimum atomic E-state index is -4.41. The number of nitrogens with one attached hydrogen (secondary N) is 1. The molecule has 3 rings (SSSR count). The maximum atomic E-state index is 12.6. The van der Waals surface area contributed by atoms with Gasteiger partial charge in [-0.25, -0.2) is 13.2 Å². The molecule has 1 aliphatic rings. The van der Waals surface area contributed by atoms with Crippen LogP contribution in [0.15, 0.2) is 54.6 Å². The molecule has 0 aromatic heterocycles. The van der Waals surface area contributed by atoms with Crippen LogP contribution in [0.2, 0.25) is 0 Å². The molecule has 7 nitrogen and oxygen atoms in total. The van der Waals surface area contributed by atoms with E-state index in [9.17, 15) is 26.4 Å². The lowest BCUT2D eigenvalue weighted by Crippen LogP contribution is -2.53. The van der Waals surface area contributed by atoms with Gasteiger partial charge >= 0.3 is 12.2 Å². The second-order valence-corrected chi connectivity index (χ2v) is 9.30. The van der Waals surface area contributed by atoms with Crippen molar-refractivity contribution in [3.05, 3.63) is 65.7 Å². The Hall–Kier alpha value is -2.79. The largest absolute Gasteiger partial charge is 0.484 e. The average Bonchev–Trinajstić information content (AvgIpc) is 2.77. The van der Waals surface area contributed by atoms with Crippen LogP contribution < -0.4 is 10.1 Å². The van der Waals surface area contributed by atoms with Gasteiger partial charge in [0.2, 0.25) is 10.0 Å². The van der Waals surface area contributed by atoms with Crippen LogP contribution in [0, 0.1) is 0 Å². The van der Waals surface area contributed by atoms with Crippen molar-refractivity contribution in [1.29, 1.82) is 0 Å². The highest BCUT2D eigenvalue weighted by Gasteiger charge is 2.29. The summed E-state index contributed by atoms with van der Waals surface area (Å²) in [7, 11) is -3.47. The fourth-order valence-electron chi connectivity index (χ4n) is 3.20. The summed E-state index contributed by atoms with van der Waals surface area (Å²) in [4.78, 5) is 13.9. The maximum Gasteiger partial charge on any atom is 0.422 e. The number of rotatable bonds is 7. The van der Waals surface area contributed by atoms with E-state index in [1.54, 1.807) is 36.4 Å². The zero-order valence-corrected chi connectivity index (χ0v) is 18.0. The number of benzene rings is 2. The number of hydrogen-bond donors (Lipinski definition) is 1. The van der Waals surface area contributed by atoms with E-state index >= 15 is 0 Å². The molecule has 0 spiro atoms. The van der Waals surface area contributed by atoms with Crippen molar-refractivity contribution in [2.75, 3.05) is 32.8 Å². The summed E-state index contributed by atoms with van der Waals surface area (Å²) in [6, 6.07) is 14.5. The maximum absolute atomic E-state index is 12.6. The fraction of sp³-hybridized carbons (Fsp3) is 0.381. The summed E-state index contributed by atoms with van der Waals surface area (Å²) in [5.41, 5.74) is 1.41. The molecule has 0 saturated carbocycles. The zero-order chi connectivity index (χ0) is 23.2. The molecule has 1 N–H and O–H groups in total. The normalized spacial score (nSPS) is 15.4. The molecule has 174 valence electrons. The first-order chi connectivity index (χ1) is 15.1. The van der Waals surface area contributed by atoms with Crippen LogP contribution in [0.1, 0.15) is 11.1 Å². The van der Waals surface area contributed by atoms with Gasteiger partial charge in [0.25, 0.3) is 0 Å². The number of hydrogen-bond acceptors (Lipinski definition) is 4. The minimum Gasteiger partial charge on any atom is -0.484 e. The molecule has 32 heavy (non-hydrogen) atoms. The van der Waals surface area contributed by atoms with Gasteiger partial charge in [-0.2, -0.15) is 17.5 Å². The van der Waals surface area contributed by atoms with Gasteiger partial charge < -0.3 is 15.0 Å². The second-order valence-electron chi connectivity index (χ2n) is 7.33. The molecular formula is C21H24F3N3O4S. The van der Waals surface area contributed by atoms with Crippen molar-refractivity contribution >= 4 is 16.1 Å². The van der Waals surface area contributed by atoms with Gasteiger partial charge in [0, 0.05) is 32.7 Å². The highest BCUT2D eigenvalue weighted by molar-refractivity contribution is 7.88. The summed E-state index contributed by atoms with van der Waals surface area (Å²) in [6.45, 7) is -0.211. The van der Waals surface area contributed by atoms with Crippen LogP contribution in [-0.4, -0.2) is 62.6 Å². The van der Waals surface area contributed by atoms with E-state index in [0.29, 0.717) is 11.1 Å². The van der Waals surface area contributed by atoms with Crippen LogP contribution >= 0.6 is 0 Å². The topological polar surface area (TPSA) is 79.0 Å². The second kappa shape index (κ2) is 10.2. The van der Waals surface area contributed by atoms with Crippen molar-refractivity contribution in [2.45, 2.75) is 18.5 Å². The molecule has 1 aliphatic heterocycles. The molecule has 11 heteroatoms. The van der Waals surface area contributed by atoms with Gasteiger partial charge in [-0.1, -0.05) is 42.5 Å². The van der Waals surface area contributed by atoms with Gasteiger partial charge in [-0.15, -0.1) is 0 Å². The van der Waals surface area contributed by atoms with Crippen molar-refractivity contribution in [3.8, 4) is 5.75 Å². The standard InChI is InChI=1S/C21H24F3N3O4S/c22-21(23,24)16-31-19-8-6-17(7-9-19)14-25-20(28)26-10-12-27(13-11-26)32(29,30)15-18-4-2-1-3-5-18/h1-9H,10-16H2,(H,25,28). The molecule has 0 bridgehead atoms. The van der Waals surface area contributed by atoms with Gasteiger partial charge in [-0.05, 0) is 23.3 Å². The Morgan fingerprint density at radius 1 is 0.938 bits per heavy atom. The van der Waals surface area contributed by atoms with Crippen LogP contribution in [0.4, 0.5) is 18.0 Å². The first-order valence-electron chi connectivity index (χ1n) is 9.95. The smallest absolute Gasteiger partial charge is 0.422 e. The van der Waals surface area contributed by atoms with Crippen molar-refractivity contribution in [1.82, 2.24) is 14.5 Å². The Morgan fingerprint density at radius 2 is 1.56 bits per heavy atom. The molecule has 0 radical (unpaired) electrons. The third-order valence-corrected chi connectivity index (χ3v) is 6.73. The summed E-state index contributed by atoms with van der Waals surface area (Å²) in [5.74, 6) is 0.00754. The third-order valence-electron chi connectivity index (χ3n) is 4.88. The van der Waals surface area contributed by atoms with Crippen molar-refractivity contribution in [3.63, 3.8) is 0 Å². The summed E-state index contributed by atoms with van der Waals surface area (Å²) < 4.78 is 67.8. The van der Waals surface area contributed by atoms with E-state index in [1.165, 1.54) is 21.3 Å². The van der Waals surface area contributed by atoms with Gasteiger partial charge in [0.1, 0.15) is 5.75 Å². The van der Waals surface area contributed by atoms with E-state index in [2.05, 4.69) is 10.1 Å². The number of carbonyl (C=O) groups excluding carboxylic acids is 1. The molecule has 2 aromatic carbocycles. The number of alkyl halides is 3. The molecular weight excluding hydrogens is 447 g/mol. The third kappa shape index (κ3) is 7.13. The van der Waals surface area contributed by atoms with Crippen LogP contribution in [0.3, 0.4) is 0 Å². The predicted molar refractivity (Wildman–Crippen MR) is 112 cm³/mol. The Morgan fingerprint density at radius 3 is 2.16 bits per heavy atom. The number of urea groups is 1. The zero-order valence-electron chi connectivity index (χ0n) is 17.2. The SMILES string of the molecule is O=C(NCc1ccc(OCC(F)(F)F)cc1)N1CCN(S(=O)(=O)Cc2ccccc2)CC1. The van der Waals surface area contributed by atoms with Crippen molar-refractivity contribution < 1.29 is 31.1 Å². The van der Waals surface area contributed by atoms with Gasteiger partial charge in [0.05, 0.1) is 5.75 Å². The number of carbonyl (C=O) groups is 1. The Bertz CT molecular complexity index is 991. The molecule has 1 saturated heterocycles. The van der Waals surface area contributed by atoms with E-state index in [0.717, 1.165) is 0 Å². The Balaban J connectivity index is 1.43. The van der Waals surface area contributed by atoms with Crippen LogP contribution in [0.5, 0.6) is 5.75 Å². The van der Waals surface area contributed by atoms with Gasteiger partial charge in [-0.3, -0.25) is 0 Å². The van der Waals surface area contributed by atoms with Crippen LogP contribution in [-0.2, 0) is 22.3 Å². The number of halogens is 3. The lowest BCUT2D eigenvalue weighted by molar-refractivity contribution is -0.153. The van der Waals surface area contributed by atoms with Gasteiger partial charge in [0.15, 0.2) is 6.61 Å². The number of piperazine rings is 1. The van der Waals surface area contributed by atoms with Crippen LogP contribution in [0.25, 0.3) is 0 Å². The highest BCUT2D eigenvalue weighted by atomic mass is 32.2. The number of nitrogens with zero attached hydrogens (tertiary/aromatic N) is 2. The Kier molecular flexibility index (Phi) is 7.62. The summed E-state index contributed by atoms with van der Waals surface area (Å²) in [5, 5.41) is 2.74.